The summed E-state index contributed by atoms with van der Waals surface area (Å²) in [6.45, 7) is 12.1. The summed E-state index contributed by atoms with van der Waals surface area (Å²) in [6, 6.07) is 0. The van der Waals surface area contributed by atoms with Crippen LogP contribution in [0.15, 0.2) is 0 Å². The van der Waals surface area contributed by atoms with Gasteiger partial charge in [0.2, 0.25) is 0 Å². The molecule has 30 unspecified atom stereocenters. The van der Waals surface area contributed by atoms with E-state index in [9.17, 15) is 76.3 Å². The molecule has 9 fully saturated rings. The Balaban J connectivity index is 0.951. The molecule has 30 atom stereocenters. The van der Waals surface area contributed by atoms with Gasteiger partial charge in [0, 0.05) is 17.8 Å². The van der Waals surface area contributed by atoms with Crippen LogP contribution in [0.3, 0.4) is 0 Å². The van der Waals surface area contributed by atoms with Crippen LogP contribution in [0.25, 0.3) is 0 Å². The van der Waals surface area contributed by atoms with Crippen LogP contribution in [0.2, 0.25) is 0 Å². The van der Waals surface area contributed by atoms with Crippen molar-refractivity contribution in [1.29, 1.82) is 0 Å². The van der Waals surface area contributed by atoms with Crippen LogP contribution in [-0.2, 0) is 42.7 Å². The Kier molecular flexibility index (Phi) is 17.1. The van der Waals surface area contributed by atoms with Crippen LogP contribution in [0.5, 0.6) is 0 Å². The van der Waals surface area contributed by atoms with Crippen molar-refractivity contribution in [1.82, 2.24) is 0 Å². The average molecular weight is 1090 g/mol. The summed E-state index contributed by atoms with van der Waals surface area (Å²) >= 11 is 0. The highest BCUT2D eigenvalue weighted by molar-refractivity contribution is 5.80. The zero-order chi connectivity index (χ0) is 55.5. The van der Waals surface area contributed by atoms with E-state index < -0.39 is 177 Å². The predicted molar refractivity (Wildman–Crippen MR) is 258 cm³/mol. The van der Waals surface area contributed by atoms with Crippen LogP contribution >= 0.6 is 0 Å². The minimum Gasteiger partial charge on any atom is -0.394 e. The molecule has 9 rings (SSSR count). The Morgan fingerprint density at radius 3 is 1.78 bits per heavy atom. The molecule has 23 nitrogen and oxygen atoms in total. The van der Waals surface area contributed by atoms with Crippen LogP contribution in [0, 0.1) is 56.7 Å². The van der Waals surface area contributed by atoms with Gasteiger partial charge in [0.25, 0.3) is 0 Å². The van der Waals surface area contributed by atoms with Crippen molar-refractivity contribution < 1.29 is 114 Å². The predicted octanol–water partition coefficient (Wildman–Crippen LogP) is -2.69. The number of carbonyl (C=O) groups is 1. The first-order valence-corrected chi connectivity index (χ1v) is 27.7. The fraction of sp³-hybridized carbons (Fsp3) is 0.981. The number of fused-ring (bicyclic) bond motifs is 2. The molecular weight excluding hydrogens is 1000 g/mol. The number of hydrogen-bond donors (Lipinski definition) is 14. The van der Waals surface area contributed by atoms with Gasteiger partial charge in [-0.2, -0.15) is 0 Å². The second-order valence-electron chi connectivity index (χ2n) is 25.7. The lowest BCUT2D eigenvalue weighted by Crippen LogP contribution is -2.67. The standard InChI is InChI=1S/C53H88O23/c1-21(2)23(57)9-8-22(3)33-25(70-45-40(66)34(60)24(58)19-69-45)14-50(6)30-11-10-29-49(4,5)32(12-13-52(29)20-53(30,52)31(59)15-51(33,50)7)74-48-44(39(65)36(62)27(17-55)73-48)76-47-42(68)43(37(63)28(18-56)72-47)75-46-41(67)38(64)35(61)26(16-54)71-46/h21-22,24-48,54-56,58-68H,8-20H2,1-7H3. The van der Waals surface area contributed by atoms with Crippen molar-refractivity contribution in [3.05, 3.63) is 0 Å². The van der Waals surface area contributed by atoms with Crippen LogP contribution < -0.4 is 0 Å². The smallest absolute Gasteiger partial charge is 0.187 e. The summed E-state index contributed by atoms with van der Waals surface area (Å²) < 4.78 is 48.8. The van der Waals surface area contributed by atoms with Crippen molar-refractivity contribution in [3.63, 3.8) is 0 Å². The molecule has 5 aliphatic carbocycles. The van der Waals surface area contributed by atoms with Gasteiger partial charge in [-0.1, -0.05) is 48.5 Å². The number of aliphatic hydroxyl groups excluding tert-OH is 14. The first-order chi connectivity index (χ1) is 35.7. The van der Waals surface area contributed by atoms with E-state index in [1.165, 1.54) is 0 Å². The number of hydrogen-bond acceptors (Lipinski definition) is 23. The summed E-state index contributed by atoms with van der Waals surface area (Å²) in [5.41, 5.74) is -2.30. The normalized spacial score (nSPS) is 54.3. The number of ether oxygens (including phenoxy) is 8. The van der Waals surface area contributed by atoms with E-state index >= 15 is 0 Å². The molecule has 4 saturated heterocycles. The third kappa shape index (κ3) is 9.40. The van der Waals surface area contributed by atoms with E-state index in [-0.39, 0.29) is 47.4 Å². The molecule has 0 aromatic heterocycles. The van der Waals surface area contributed by atoms with Gasteiger partial charge in [-0.25, -0.2) is 0 Å². The summed E-state index contributed by atoms with van der Waals surface area (Å²) in [6.07, 6.45) is -27.5. The summed E-state index contributed by atoms with van der Waals surface area (Å²) in [5.74, 6) is -0.118. The highest BCUT2D eigenvalue weighted by Crippen LogP contribution is 2.89. The fourth-order valence-electron chi connectivity index (χ4n) is 17.0. The largest absolute Gasteiger partial charge is 0.394 e. The Morgan fingerprint density at radius 2 is 1.14 bits per heavy atom. The van der Waals surface area contributed by atoms with E-state index in [1.807, 2.05) is 13.8 Å². The van der Waals surface area contributed by atoms with Crippen molar-refractivity contribution in [2.24, 2.45) is 56.7 Å². The Labute approximate surface area is 443 Å². The van der Waals surface area contributed by atoms with E-state index in [0.29, 0.717) is 38.5 Å². The first-order valence-electron chi connectivity index (χ1n) is 27.7. The van der Waals surface area contributed by atoms with Gasteiger partial charge < -0.3 is 109 Å². The molecule has 4 aliphatic heterocycles. The molecule has 0 aromatic carbocycles. The van der Waals surface area contributed by atoms with Crippen molar-refractivity contribution in [2.45, 2.75) is 241 Å². The molecule has 438 valence electrons. The first kappa shape index (κ1) is 59.4. The topological polar surface area (TPSA) is 374 Å². The molecule has 0 bridgehead atoms. The van der Waals surface area contributed by atoms with Gasteiger partial charge in [0.1, 0.15) is 97.3 Å². The molecule has 0 radical (unpaired) electrons. The molecule has 0 aromatic rings. The number of ketones is 1. The fourth-order valence-corrected chi connectivity index (χ4v) is 17.0. The molecule has 5 saturated carbocycles. The van der Waals surface area contributed by atoms with Gasteiger partial charge in [-0.05, 0) is 96.7 Å². The number of aliphatic hydroxyl groups is 14. The van der Waals surface area contributed by atoms with Crippen molar-refractivity contribution in [3.8, 4) is 0 Å². The van der Waals surface area contributed by atoms with E-state index in [2.05, 4.69) is 34.6 Å². The van der Waals surface area contributed by atoms with Crippen LogP contribution in [0.1, 0.15) is 106 Å². The number of Topliss-reactive ketones (excluding diaryl/α,β-unsaturated/α-hetero) is 1. The minimum absolute atomic E-state index is 0.00395. The van der Waals surface area contributed by atoms with Gasteiger partial charge in [0.15, 0.2) is 25.2 Å². The maximum absolute atomic E-state index is 13.0. The summed E-state index contributed by atoms with van der Waals surface area (Å²) in [4.78, 5) is 13.0. The second-order valence-corrected chi connectivity index (χ2v) is 25.7. The minimum atomic E-state index is -1.98. The van der Waals surface area contributed by atoms with E-state index in [4.69, 9.17) is 37.9 Å². The SMILES string of the molecule is CC(C)C(=O)CCC(C)C1C(OC2OCC(O)C(O)C2O)CC2(C)C3CCC4C(C)(C)C(OC5OC(CO)C(O)C(O)C5OC5OC(CO)C(O)C(OC6OC(CO)C(O)C(O)C6O)C5O)CCC45CC35C(O)CC12C. The lowest BCUT2D eigenvalue weighted by molar-refractivity contribution is -0.391. The third-order valence-electron chi connectivity index (χ3n) is 21.3. The molecular formula is C53H88O23. The maximum Gasteiger partial charge on any atom is 0.187 e. The number of rotatable bonds is 16. The van der Waals surface area contributed by atoms with Crippen molar-refractivity contribution in [2.75, 3.05) is 26.4 Å². The summed E-state index contributed by atoms with van der Waals surface area (Å²) in [7, 11) is 0. The molecule has 4 heterocycles. The van der Waals surface area contributed by atoms with Crippen LogP contribution in [0.4, 0.5) is 0 Å². The average Bonchev–Trinajstić information content (AvgIpc) is 4.20. The molecule has 2 spiro atoms. The molecule has 76 heavy (non-hydrogen) atoms. The molecule has 9 aliphatic rings. The second kappa shape index (κ2) is 21.8. The van der Waals surface area contributed by atoms with Crippen LogP contribution in [-0.4, -0.2) is 239 Å². The highest BCUT2D eigenvalue weighted by atomic mass is 16.8. The van der Waals surface area contributed by atoms with Crippen molar-refractivity contribution >= 4 is 5.78 Å². The summed E-state index contributed by atoms with van der Waals surface area (Å²) in [5, 5.41) is 152. The van der Waals surface area contributed by atoms with E-state index in [0.717, 1.165) is 19.3 Å². The lowest BCUT2D eigenvalue weighted by Gasteiger charge is -2.64. The number of carbonyl (C=O) groups excluding carboxylic acids is 1. The zero-order valence-electron chi connectivity index (χ0n) is 44.7. The zero-order valence-corrected chi connectivity index (χ0v) is 44.7. The van der Waals surface area contributed by atoms with E-state index in [1.54, 1.807) is 0 Å². The van der Waals surface area contributed by atoms with Gasteiger partial charge in [0.05, 0.1) is 44.7 Å². The van der Waals surface area contributed by atoms with Gasteiger partial charge >= 0.3 is 0 Å². The molecule has 0 amide bonds. The molecule has 23 heteroatoms. The van der Waals surface area contributed by atoms with Gasteiger partial charge in [-0.15, -0.1) is 0 Å². The maximum atomic E-state index is 13.0. The Morgan fingerprint density at radius 1 is 0.579 bits per heavy atom. The third-order valence-corrected chi connectivity index (χ3v) is 21.3. The lowest BCUT2D eigenvalue weighted by atomic mass is 9.41. The van der Waals surface area contributed by atoms with Gasteiger partial charge in [-0.3, -0.25) is 4.79 Å². The quantitative estimate of drug-likeness (QED) is 0.0700. The molecule has 14 N–H and O–H groups in total. The Hall–Kier alpha value is -1.21. The highest BCUT2D eigenvalue weighted by Gasteiger charge is 2.86. The monoisotopic (exact) mass is 1090 g/mol. The Bertz CT molecular complexity index is 2020.